The van der Waals surface area contributed by atoms with Crippen molar-refractivity contribution in [2.45, 2.75) is 26.3 Å². The van der Waals surface area contributed by atoms with Crippen LogP contribution in [0.4, 0.5) is 0 Å². The lowest BCUT2D eigenvalue weighted by atomic mass is 10.0. The molecule has 2 unspecified atom stereocenters. The van der Waals surface area contributed by atoms with Crippen LogP contribution in [0.15, 0.2) is 24.3 Å². The van der Waals surface area contributed by atoms with E-state index in [2.05, 4.69) is 18.3 Å². The Kier molecular flexibility index (Phi) is 4.37. The summed E-state index contributed by atoms with van der Waals surface area (Å²) in [7, 11) is 1.43. The monoisotopic (exact) mass is 247 g/mol. The van der Waals surface area contributed by atoms with Gasteiger partial charge in [-0.25, -0.2) is 0 Å². The molecule has 1 N–H and O–H groups in total. The van der Waals surface area contributed by atoms with Gasteiger partial charge in [-0.05, 0) is 35.9 Å². The van der Waals surface area contributed by atoms with Gasteiger partial charge in [-0.3, -0.25) is 4.79 Å². The minimum atomic E-state index is -0.182. The van der Waals surface area contributed by atoms with Gasteiger partial charge in [-0.2, -0.15) is 0 Å². The van der Waals surface area contributed by atoms with Crippen LogP contribution in [0.2, 0.25) is 0 Å². The lowest BCUT2D eigenvalue weighted by Gasteiger charge is -2.09. The van der Waals surface area contributed by atoms with Crippen molar-refractivity contribution in [3.05, 3.63) is 35.4 Å². The number of esters is 1. The first-order valence-corrected chi connectivity index (χ1v) is 6.55. The second kappa shape index (κ2) is 6.01. The molecule has 0 saturated heterocycles. The fourth-order valence-corrected chi connectivity index (χ4v) is 2.21. The van der Waals surface area contributed by atoms with E-state index in [4.69, 9.17) is 4.74 Å². The van der Waals surface area contributed by atoms with E-state index < -0.39 is 0 Å². The topological polar surface area (TPSA) is 38.3 Å². The van der Waals surface area contributed by atoms with Crippen molar-refractivity contribution in [1.82, 2.24) is 5.32 Å². The van der Waals surface area contributed by atoms with Crippen molar-refractivity contribution < 1.29 is 9.53 Å². The van der Waals surface area contributed by atoms with Crippen LogP contribution in [0.25, 0.3) is 0 Å². The van der Waals surface area contributed by atoms with Gasteiger partial charge in [-0.1, -0.05) is 31.2 Å². The molecule has 2 atom stereocenters. The van der Waals surface area contributed by atoms with Crippen LogP contribution < -0.4 is 5.32 Å². The Bertz CT molecular complexity index is 417. The molecule has 18 heavy (non-hydrogen) atoms. The number of nitrogens with one attached hydrogen (secondary N) is 1. The minimum absolute atomic E-state index is 0.182. The molecule has 0 heterocycles. The first-order valence-electron chi connectivity index (χ1n) is 6.55. The third-order valence-electron chi connectivity index (χ3n) is 3.68. The molecular formula is C15H21NO2. The Morgan fingerprint density at radius 3 is 2.67 bits per heavy atom. The predicted molar refractivity (Wildman–Crippen MR) is 71.1 cm³/mol. The van der Waals surface area contributed by atoms with Crippen LogP contribution in [-0.4, -0.2) is 19.6 Å². The number of rotatable bonds is 6. The Balaban J connectivity index is 1.87. The number of benzene rings is 1. The molecule has 0 aromatic heterocycles. The molecule has 3 nitrogen and oxygen atoms in total. The van der Waals surface area contributed by atoms with E-state index in [-0.39, 0.29) is 5.97 Å². The maximum absolute atomic E-state index is 11.3. The van der Waals surface area contributed by atoms with Crippen molar-refractivity contribution in [1.29, 1.82) is 0 Å². The van der Waals surface area contributed by atoms with Gasteiger partial charge in [-0.15, -0.1) is 0 Å². The molecular weight excluding hydrogens is 226 g/mol. The molecule has 0 radical (unpaired) electrons. The third-order valence-corrected chi connectivity index (χ3v) is 3.68. The Hall–Kier alpha value is -1.35. The third kappa shape index (κ3) is 3.57. The normalized spacial score (nSPS) is 21.7. The van der Waals surface area contributed by atoms with Gasteiger partial charge in [0.05, 0.1) is 13.5 Å². The fraction of sp³-hybridized carbons (Fsp3) is 0.533. The Morgan fingerprint density at radius 2 is 2.06 bits per heavy atom. The van der Waals surface area contributed by atoms with Crippen LogP contribution in [0.3, 0.4) is 0 Å². The zero-order valence-electron chi connectivity index (χ0n) is 11.1. The summed E-state index contributed by atoms with van der Waals surface area (Å²) < 4.78 is 4.72. The summed E-state index contributed by atoms with van der Waals surface area (Å²) in [5, 5.41) is 3.47. The van der Waals surface area contributed by atoms with E-state index in [1.807, 2.05) is 18.2 Å². The molecule has 0 spiro atoms. The van der Waals surface area contributed by atoms with Crippen LogP contribution in [0.5, 0.6) is 0 Å². The molecule has 1 aromatic carbocycles. The number of hydrogen-bond donors (Lipinski definition) is 1. The molecule has 1 aliphatic carbocycles. The van der Waals surface area contributed by atoms with Crippen molar-refractivity contribution in [2.75, 3.05) is 13.7 Å². The smallest absolute Gasteiger partial charge is 0.309 e. The molecule has 1 fully saturated rings. The van der Waals surface area contributed by atoms with Gasteiger partial charge in [0.25, 0.3) is 0 Å². The van der Waals surface area contributed by atoms with Crippen molar-refractivity contribution in [2.24, 2.45) is 11.8 Å². The minimum Gasteiger partial charge on any atom is -0.469 e. The number of ether oxygens (including phenoxy) is 1. The summed E-state index contributed by atoms with van der Waals surface area (Å²) in [6, 6.07) is 8.04. The summed E-state index contributed by atoms with van der Waals surface area (Å²) >= 11 is 0. The molecule has 98 valence electrons. The lowest BCUT2D eigenvalue weighted by molar-refractivity contribution is -0.139. The second-order valence-corrected chi connectivity index (χ2v) is 5.13. The Labute approximate surface area is 109 Å². The summed E-state index contributed by atoms with van der Waals surface area (Å²) in [5.74, 6) is 1.54. The average Bonchev–Trinajstić information content (AvgIpc) is 3.07. The van der Waals surface area contributed by atoms with Crippen LogP contribution in [-0.2, 0) is 22.5 Å². The van der Waals surface area contributed by atoms with Crippen LogP contribution >= 0.6 is 0 Å². The number of carbonyl (C=O) groups excluding carboxylic acids is 1. The van der Waals surface area contributed by atoms with Crippen molar-refractivity contribution in [3.63, 3.8) is 0 Å². The van der Waals surface area contributed by atoms with E-state index in [0.29, 0.717) is 6.42 Å². The van der Waals surface area contributed by atoms with E-state index >= 15 is 0 Å². The first kappa shape index (κ1) is 13.1. The van der Waals surface area contributed by atoms with E-state index in [1.165, 1.54) is 19.1 Å². The number of methoxy groups -OCH3 is 1. The van der Waals surface area contributed by atoms with Gasteiger partial charge in [0, 0.05) is 6.54 Å². The maximum atomic E-state index is 11.3. The van der Waals surface area contributed by atoms with E-state index in [9.17, 15) is 4.79 Å². The highest BCUT2D eigenvalue weighted by molar-refractivity contribution is 5.72. The molecule has 2 rings (SSSR count). The molecule has 1 aromatic rings. The van der Waals surface area contributed by atoms with Gasteiger partial charge in [0.15, 0.2) is 0 Å². The summed E-state index contributed by atoms with van der Waals surface area (Å²) in [5.41, 5.74) is 2.25. The highest BCUT2D eigenvalue weighted by Crippen LogP contribution is 2.36. The summed E-state index contributed by atoms with van der Waals surface area (Å²) in [6.07, 6.45) is 1.70. The van der Waals surface area contributed by atoms with Crippen LogP contribution in [0, 0.1) is 11.8 Å². The maximum Gasteiger partial charge on any atom is 0.309 e. The largest absolute Gasteiger partial charge is 0.469 e. The molecule has 0 aliphatic heterocycles. The average molecular weight is 247 g/mol. The van der Waals surface area contributed by atoms with Gasteiger partial charge >= 0.3 is 5.97 Å². The molecule has 1 aliphatic rings. The summed E-state index contributed by atoms with van der Waals surface area (Å²) in [6.45, 7) is 4.20. The zero-order valence-corrected chi connectivity index (χ0v) is 11.1. The van der Waals surface area contributed by atoms with E-state index in [0.717, 1.165) is 30.5 Å². The van der Waals surface area contributed by atoms with Gasteiger partial charge < -0.3 is 10.1 Å². The lowest BCUT2D eigenvalue weighted by Crippen LogP contribution is -2.18. The summed E-state index contributed by atoms with van der Waals surface area (Å²) in [4.78, 5) is 11.3. The zero-order chi connectivity index (χ0) is 13.0. The SMILES string of the molecule is COC(=O)Cc1ccccc1CNCC1CC1C. The van der Waals surface area contributed by atoms with E-state index in [1.54, 1.807) is 0 Å². The second-order valence-electron chi connectivity index (χ2n) is 5.13. The highest BCUT2D eigenvalue weighted by Gasteiger charge is 2.31. The van der Waals surface area contributed by atoms with Crippen molar-refractivity contribution in [3.8, 4) is 0 Å². The molecule has 3 heteroatoms. The molecule has 0 bridgehead atoms. The molecule has 0 amide bonds. The Morgan fingerprint density at radius 1 is 1.39 bits per heavy atom. The van der Waals surface area contributed by atoms with Crippen molar-refractivity contribution >= 4 is 5.97 Å². The molecule has 1 saturated carbocycles. The predicted octanol–water partition coefficient (Wildman–Crippen LogP) is 2.15. The van der Waals surface area contributed by atoms with Crippen LogP contribution in [0.1, 0.15) is 24.5 Å². The highest BCUT2D eigenvalue weighted by atomic mass is 16.5. The fourth-order valence-electron chi connectivity index (χ4n) is 2.21. The number of carbonyl (C=O) groups is 1. The quantitative estimate of drug-likeness (QED) is 0.783. The standard InChI is InChI=1S/C15H21NO2/c1-11-7-14(11)10-16-9-13-6-4-3-5-12(13)8-15(17)18-2/h3-6,11,14,16H,7-10H2,1-2H3. The van der Waals surface area contributed by atoms with Gasteiger partial charge in [0.2, 0.25) is 0 Å². The first-order chi connectivity index (χ1) is 8.70. The van der Waals surface area contributed by atoms with Gasteiger partial charge in [0.1, 0.15) is 0 Å². The number of hydrogen-bond acceptors (Lipinski definition) is 3.